The van der Waals surface area contributed by atoms with Crippen molar-refractivity contribution in [3.63, 3.8) is 0 Å². The summed E-state index contributed by atoms with van der Waals surface area (Å²) in [5.41, 5.74) is 1.11. The summed E-state index contributed by atoms with van der Waals surface area (Å²) >= 11 is 3.52. The lowest BCUT2D eigenvalue weighted by Gasteiger charge is -2.20. The summed E-state index contributed by atoms with van der Waals surface area (Å²) < 4.78 is 11.4. The third-order valence-electron chi connectivity index (χ3n) is 2.99. The minimum absolute atomic E-state index is 0.0560. The second-order valence-electron chi connectivity index (χ2n) is 4.61. The molecule has 0 fully saturated rings. The Hall–Kier alpha value is -0.540. The van der Waals surface area contributed by atoms with Gasteiger partial charge in [-0.2, -0.15) is 0 Å². The van der Waals surface area contributed by atoms with Gasteiger partial charge < -0.3 is 9.47 Å². The Morgan fingerprint density at radius 2 is 2.00 bits per heavy atom. The quantitative estimate of drug-likeness (QED) is 0.654. The van der Waals surface area contributed by atoms with Gasteiger partial charge in [-0.1, -0.05) is 54.4 Å². The maximum Gasteiger partial charge on any atom is 0.124 e. The van der Waals surface area contributed by atoms with Crippen molar-refractivity contribution < 1.29 is 9.47 Å². The lowest BCUT2D eigenvalue weighted by atomic mass is 10.1. The highest BCUT2D eigenvalue weighted by Crippen LogP contribution is 2.29. The lowest BCUT2D eigenvalue weighted by molar-refractivity contribution is 0.0435. The molecule has 0 aliphatic rings. The number of benzene rings is 1. The Balaban J connectivity index is 2.65. The molecule has 1 aromatic carbocycles. The molecule has 102 valence electrons. The van der Waals surface area contributed by atoms with Gasteiger partial charge >= 0.3 is 0 Å². The summed E-state index contributed by atoms with van der Waals surface area (Å²) in [6, 6.07) is 8.04. The second-order valence-corrected chi connectivity index (χ2v) is 5.26. The summed E-state index contributed by atoms with van der Waals surface area (Å²) in [7, 11) is 1.70. The molecule has 0 aliphatic heterocycles. The fourth-order valence-electron chi connectivity index (χ4n) is 2.01. The maximum absolute atomic E-state index is 6.01. The SMILES string of the molecule is CCCC(C)COC(CBr)c1ccccc1OC. The fourth-order valence-corrected chi connectivity index (χ4v) is 2.54. The molecule has 0 saturated carbocycles. The molecule has 0 amide bonds. The molecule has 1 aromatic rings. The molecule has 0 aliphatic carbocycles. The normalized spacial score (nSPS) is 14.2. The Morgan fingerprint density at radius 3 is 2.61 bits per heavy atom. The first kappa shape index (κ1) is 15.5. The highest BCUT2D eigenvalue weighted by Gasteiger charge is 2.16. The first-order valence-corrected chi connectivity index (χ1v) is 7.65. The Bertz CT molecular complexity index is 341. The van der Waals surface area contributed by atoms with Crippen molar-refractivity contribution in [2.45, 2.75) is 32.8 Å². The van der Waals surface area contributed by atoms with Crippen molar-refractivity contribution in [2.24, 2.45) is 5.92 Å². The van der Waals surface area contributed by atoms with Gasteiger partial charge in [-0.15, -0.1) is 0 Å². The molecule has 2 unspecified atom stereocenters. The summed E-state index contributed by atoms with van der Waals surface area (Å²) in [5, 5.41) is 0.784. The van der Waals surface area contributed by atoms with E-state index in [0.717, 1.165) is 23.2 Å². The van der Waals surface area contributed by atoms with Crippen LogP contribution in [0.4, 0.5) is 0 Å². The van der Waals surface area contributed by atoms with E-state index in [1.807, 2.05) is 18.2 Å². The standard InChI is InChI=1S/C15H23BrO2/c1-4-7-12(2)11-18-15(10-16)13-8-5-6-9-14(13)17-3/h5-6,8-9,12,15H,4,7,10-11H2,1-3H3. The first-order chi connectivity index (χ1) is 8.72. The van der Waals surface area contributed by atoms with E-state index in [1.54, 1.807) is 7.11 Å². The van der Waals surface area contributed by atoms with Crippen molar-refractivity contribution in [3.05, 3.63) is 29.8 Å². The smallest absolute Gasteiger partial charge is 0.124 e. The summed E-state index contributed by atoms with van der Waals surface area (Å²) in [6.45, 7) is 5.23. The third kappa shape index (κ3) is 4.62. The largest absolute Gasteiger partial charge is 0.496 e. The van der Waals surface area contributed by atoms with E-state index in [9.17, 15) is 0 Å². The van der Waals surface area contributed by atoms with E-state index in [0.29, 0.717) is 5.92 Å². The van der Waals surface area contributed by atoms with E-state index in [2.05, 4.69) is 35.8 Å². The molecule has 2 atom stereocenters. The molecule has 0 radical (unpaired) electrons. The van der Waals surface area contributed by atoms with Gasteiger partial charge in [0.2, 0.25) is 0 Å². The van der Waals surface area contributed by atoms with Crippen LogP contribution < -0.4 is 4.74 Å². The number of alkyl halides is 1. The van der Waals surface area contributed by atoms with Crippen LogP contribution in [0.1, 0.15) is 38.4 Å². The zero-order valence-electron chi connectivity index (χ0n) is 11.5. The van der Waals surface area contributed by atoms with Crippen LogP contribution in [0, 0.1) is 5.92 Å². The number of methoxy groups -OCH3 is 1. The molecule has 18 heavy (non-hydrogen) atoms. The monoisotopic (exact) mass is 314 g/mol. The number of halogens is 1. The fraction of sp³-hybridized carbons (Fsp3) is 0.600. The average Bonchev–Trinajstić information content (AvgIpc) is 2.40. The molecule has 1 rings (SSSR count). The van der Waals surface area contributed by atoms with Gasteiger partial charge in [0.15, 0.2) is 0 Å². The minimum Gasteiger partial charge on any atom is -0.496 e. The molecule has 0 N–H and O–H groups in total. The van der Waals surface area contributed by atoms with Crippen LogP contribution in [-0.4, -0.2) is 19.0 Å². The average molecular weight is 315 g/mol. The van der Waals surface area contributed by atoms with Crippen LogP contribution in [-0.2, 0) is 4.74 Å². The molecule has 0 aromatic heterocycles. The van der Waals surface area contributed by atoms with Gasteiger partial charge in [0.25, 0.3) is 0 Å². The number of hydrogen-bond acceptors (Lipinski definition) is 2. The van der Waals surface area contributed by atoms with Crippen LogP contribution in [0.25, 0.3) is 0 Å². The predicted octanol–water partition coefficient (Wildman–Crippen LogP) is 4.58. The number of ether oxygens (including phenoxy) is 2. The van der Waals surface area contributed by atoms with E-state index < -0.39 is 0 Å². The topological polar surface area (TPSA) is 18.5 Å². The predicted molar refractivity (Wildman–Crippen MR) is 79.6 cm³/mol. The zero-order chi connectivity index (χ0) is 13.4. The molecule has 3 heteroatoms. The highest BCUT2D eigenvalue weighted by atomic mass is 79.9. The van der Waals surface area contributed by atoms with Crippen molar-refractivity contribution in [2.75, 3.05) is 19.0 Å². The van der Waals surface area contributed by atoms with Crippen LogP contribution >= 0.6 is 15.9 Å². The Kier molecular flexibility index (Phi) is 7.36. The zero-order valence-corrected chi connectivity index (χ0v) is 13.1. The van der Waals surface area contributed by atoms with Crippen molar-refractivity contribution in [1.29, 1.82) is 0 Å². The number of rotatable bonds is 8. The van der Waals surface area contributed by atoms with Gasteiger partial charge in [0.1, 0.15) is 5.75 Å². The number of para-hydroxylation sites is 1. The van der Waals surface area contributed by atoms with Crippen molar-refractivity contribution in [3.8, 4) is 5.75 Å². The van der Waals surface area contributed by atoms with E-state index in [1.165, 1.54) is 12.8 Å². The Morgan fingerprint density at radius 1 is 1.28 bits per heavy atom. The second kappa shape index (κ2) is 8.54. The van der Waals surface area contributed by atoms with Gasteiger partial charge in [-0.25, -0.2) is 0 Å². The van der Waals surface area contributed by atoms with Crippen LogP contribution in [0.3, 0.4) is 0 Å². The summed E-state index contributed by atoms with van der Waals surface area (Å²) in [4.78, 5) is 0. The molecule has 0 heterocycles. The summed E-state index contributed by atoms with van der Waals surface area (Å²) in [5.74, 6) is 1.50. The minimum atomic E-state index is 0.0560. The van der Waals surface area contributed by atoms with E-state index in [-0.39, 0.29) is 6.10 Å². The first-order valence-electron chi connectivity index (χ1n) is 6.53. The lowest BCUT2D eigenvalue weighted by Crippen LogP contribution is -2.13. The Labute approximate surface area is 119 Å². The maximum atomic E-state index is 6.01. The molecular formula is C15H23BrO2. The van der Waals surface area contributed by atoms with Crippen molar-refractivity contribution in [1.82, 2.24) is 0 Å². The third-order valence-corrected chi connectivity index (χ3v) is 3.58. The van der Waals surface area contributed by atoms with Gasteiger partial charge in [-0.05, 0) is 18.4 Å². The number of hydrogen-bond donors (Lipinski definition) is 0. The van der Waals surface area contributed by atoms with E-state index in [4.69, 9.17) is 9.47 Å². The van der Waals surface area contributed by atoms with Gasteiger partial charge in [-0.3, -0.25) is 0 Å². The van der Waals surface area contributed by atoms with Crippen LogP contribution in [0.15, 0.2) is 24.3 Å². The van der Waals surface area contributed by atoms with Crippen molar-refractivity contribution >= 4 is 15.9 Å². The molecule has 0 spiro atoms. The molecule has 0 bridgehead atoms. The van der Waals surface area contributed by atoms with E-state index >= 15 is 0 Å². The van der Waals surface area contributed by atoms with Crippen LogP contribution in [0.2, 0.25) is 0 Å². The summed E-state index contributed by atoms with van der Waals surface area (Å²) in [6.07, 6.45) is 2.47. The van der Waals surface area contributed by atoms with Gasteiger partial charge in [0.05, 0.1) is 13.2 Å². The van der Waals surface area contributed by atoms with Crippen LogP contribution in [0.5, 0.6) is 5.75 Å². The molecule has 0 saturated heterocycles. The highest BCUT2D eigenvalue weighted by molar-refractivity contribution is 9.09. The molecule has 2 nitrogen and oxygen atoms in total. The molecular weight excluding hydrogens is 292 g/mol. The van der Waals surface area contributed by atoms with Gasteiger partial charge in [0, 0.05) is 17.5 Å².